The number of aromatic hydroxyl groups is 1. The highest BCUT2D eigenvalue weighted by Crippen LogP contribution is 2.33. The third-order valence-electron chi connectivity index (χ3n) is 2.49. The molecule has 0 unspecified atom stereocenters. The highest BCUT2D eigenvalue weighted by atomic mass is 35.5. The van der Waals surface area contributed by atoms with Crippen LogP contribution in [-0.4, -0.2) is 13.5 Å². The SMILES string of the molecule is O=S(=O)(Cc1ccccc1)Nc1cc(F)cc(Cl)c1O. The molecule has 0 aliphatic rings. The Balaban J connectivity index is 2.25. The first-order chi connectivity index (χ1) is 9.37. The van der Waals surface area contributed by atoms with Crippen molar-refractivity contribution < 1.29 is 17.9 Å². The molecule has 20 heavy (non-hydrogen) atoms. The lowest BCUT2D eigenvalue weighted by atomic mass is 10.2. The molecule has 0 aliphatic heterocycles. The van der Waals surface area contributed by atoms with Gasteiger partial charge in [0.15, 0.2) is 5.75 Å². The Labute approximate surface area is 120 Å². The lowest BCUT2D eigenvalue weighted by molar-refractivity contribution is 0.476. The molecule has 0 spiro atoms. The second-order valence-corrected chi connectivity index (χ2v) is 6.26. The number of nitrogens with one attached hydrogen (secondary N) is 1. The van der Waals surface area contributed by atoms with Crippen LogP contribution in [-0.2, 0) is 15.8 Å². The number of hydrogen-bond donors (Lipinski definition) is 2. The van der Waals surface area contributed by atoms with Gasteiger partial charge in [-0.05, 0) is 11.6 Å². The van der Waals surface area contributed by atoms with Gasteiger partial charge in [0.1, 0.15) is 5.82 Å². The summed E-state index contributed by atoms with van der Waals surface area (Å²) in [7, 11) is -3.78. The highest BCUT2D eigenvalue weighted by Gasteiger charge is 2.16. The van der Waals surface area contributed by atoms with Gasteiger partial charge in [-0.1, -0.05) is 41.9 Å². The molecule has 0 saturated heterocycles. The van der Waals surface area contributed by atoms with E-state index in [1.165, 1.54) is 0 Å². The number of phenolic OH excluding ortho intramolecular Hbond substituents is 1. The standard InChI is InChI=1S/C13H11ClFNO3S/c14-11-6-10(15)7-12(13(11)17)16-20(18,19)8-9-4-2-1-3-5-9/h1-7,16-17H,8H2. The predicted octanol–water partition coefficient (Wildman–Crippen LogP) is 3.13. The minimum absolute atomic E-state index is 0.262. The maximum absolute atomic E-state index is 13.2. The summed E-state index contributed by atoms with van der Waals surface area (Å²) in [5.74, 6) is -1.54. The molecule has 0 amide bonds. The van der Waals surface area contributed by atoms with Crippen LogP contribution in [0.3, 0.4) is 0 Å². The topological polar surface area (TPSA) is 66.4 Å². The highest BCUT2D eigenvalue weighted by molar-refractivity contribution is 7.91. The number of anilines is 1. The summed E-state index contributed by atoms with van der Waals surface area (Å²) >= 11 is 5.58. The zero-order valence-electron chi connectivity index (χ0n) is 10.2. The van der Waals surface area contributed by atoms with Crippen LogP contribution in [0.15, 0.2) is 42.5 Å². The van der Waals surface area contributed by atoms with Gasteiger partial charge >= 0.3 is 0 Å². The molecule has 2 N–H and O–H groups in total. The van der Waals surface area contributed by atoms with Crippen molar-refractivity contribution in [1.29, 1.82) is 0 Å². The molecule has 4 nitrogen and oxygen atoms in total. The number of sulfonamides is 1. The van der Waals surface area contributed by atoms with Gasteiger partial charge in [0, 0.05) is 6.07 Å². The molecular weight excluding hydrogens is 305 g/mol. The lowest BCUT2D eigenvalue weighted by Crippen LogP contribution is -2.15. The summed E-state index contributed by atoms with van der Waals surface area (Å²) < 4.78 is 39.2. The fourth-order valence-electron chi connectivity index (χ4n) is 1.64. The third kappa shape index (κ3) is 3.61. The Morgan fingerprint density at radius 2 is 1.85 bits per heavy atom. The lowest BCUT2D eigenvalue weighted by Gasteiger charge is -2.10. The number of benzene rings is 2. The Morgan fingerprint density at radius 1 is 1.20 bits per heavy atom. The van der Waals surface area contributed by atoms with Gasteiger partial charge in [-0.15, -0.1) is 0 Å². The molecule has 0 heterocycles. The molecule has 0 atom stereocenters. The largest absolute Gasteiger partial charge is 0.504 e. The minimum Gasteiger partial charge on any atom is -0.504 e. The van der Waals surface area contributed by atoms with Crippen LogP contribution < -0.4 is 4.72 Å². The molecule has 0 fully saturated rings. The van der Waals surface area contributed by atoms with Crippen molar-refractivity contribution in [3.8, 4) is 5.75 Å². The van der Waals surface area contributed by atoms with Gasteiger partial charge in [-0.3, -0.25) is 4.72 Å². The molecule has 2 rings (SSSR count). The summed E-state index contributed by atoms with van der Waals surface area (Å²) in [5, 5.41) is 9.36. The Hall–Kier alpha value is -1.79. The second kappa shape index (κ2) is 5.68. The van der Waals surface area contributed by atoms with Crippen molar-refractivity contribution in [2.24, 2.45) is 0 Å². The first-order valence-electron chi connectivity index (χ1n) is 5.60. The van der Waals surface area contributed by atoms with Crippen molar-refractivity contribution in [3.05, 3.63) is 58.9 Å². The summed E-state index contributed by atoms with van der Waals surface area (Å²) in [4.78, 5) is 0. The number of halogens is 2. The number of hydrogen-bond acceptors (Lipinski definition) is 3. The molecular formula is C13H11ClFNO3S. The van der Waals surface area contributed by atoms with Crippen LogP contribution in [0.4, 0.5) is 10.1 Å². The molecule has 0 aromatic heterocycles. The van der Waals surface area contributed by atoms with Crippen LogP contribution in [0.2, 0.25) is 5.02 Å². The van der Waals surface area contributed by atoms with E-state index in [0.717, 1.165) is 12.1 Å². The Bertz CT molecular complexity index is 720. The molecule has 2 aromatic carbocycles. The van der Waals surface area contributed by atoms with Crippen molar-refractivity contribution in [2.45, 2.75) is 5.75 Å². The van der Waals surface area contributed by atoms with Crippen LogP contribution in [0.5, 0.6) is 5.75 Å². The quantitative estimate of drug-likeness (QED) is 0.852. The van der Waals surface area contributed by atoms with Crippen LogP contribution in [0, 0.1) is 5.82 Å². The molecule has 0 saturated carbocycles. The van der Waals surface area contributed by atoms with Crippen LogP contribution in [0.1, 0.15) is 5.56 Å². The molecule has 106 valence electrons. The number of phenols is 1. The van der Waals surface area contributed by atoms with Gasteiger partial charge < -0.3 is 5.11 Å². The molecule has 0 radical (unpaired) electrons. The van der Waals surface area contributed by atoms with Gasteiger partial charge in [-0.25, -0.2) is 12.8 Å². The van der Waals surface area contributed by atoms with E-state index in [9.17, 15) is 17.9 Å². The minimum atomic E-state index is -3.78. The zero-order chi connectivity index (χ0) is 14.8. The predicted molar refractivity (Wildman–Crippen MR) is 75.8 cm³/mol. The van der Waals surface area contributed by atoms with E-state index in [4.69, 9.17) is 11.6 Å². The average Bonchev–Trinajstić information content (AvgIpc) is 2.35. The second-order valence-electron chi connectivity index (χ2n) is 4.13. The van der Waals surface area contributed by atoms with Gasteiger partial charge in [0.05, 0.1) is 16.5 Å². The summed E-state index contributed by atoms with van der Waals surface area (Å²) in [6.07, 6.45) is 0. The van der Waals surface area contributed by atoms with Crippen molar-refractivity contribution in [2.75, 3.05) is 4.72 Å². The van der Waals surface area contributed by atoms with E-state index in [1.54, 1.807) is 30.3 Å². The fraction of sp³-hybridized carbons (Fsp3) is 0.0769. The molecule has 0 aliphatic carbocycles. The first-order valence-corrected chi connectivity index (χ1v) is 7.63. The summed E-state index contributed by atoms with van der Waals surface area (Å²) in [6, 6.07) is 10.2. The van der Waals surface area contributed by atoms with Crippen molar-refractivity contribution in [1.82, 2.24) is 0 Å². The number of rotatable bonds is 4. The zero-order valence-corrected chi connectivity index (χ0v) is 11.7. The van der Waals surface area contributed by atoms with E-state index in [-0.39, 0.29) is 16.5 Å². The van der Waals surface area contributed by atoms with E-state index in [1.807, 2.05) is 0 Å². The average molecular weight is 316 g/mol. The summed E-state index contributed by atoms with van der Waals surface area (Å²) in [6.45, 7) is 0. The fourth-order valence-corrected chi connectivity index (χ4v) is 3.04. The van der Waals surface area contributed by atoms with E-state index in [2.05, 4.69) is 4.72 Å². The molecule has 0 bridgehead atoms. The Morgan fingerprint density at radius 3 is 2.50 bits per heavy atom. The normalized spacial score (nSPS) is 11.3. The maximum atomic E-state index is 13.2. The van der Waals surface area contributed by atoms with Gasteiger partial charge in [-0.2, -0.15) is 0 Å². The van der Waals surface area contributed by atoms with E-state index < -0.39 is 21.6 Å². The first kappa shape index (κ1) is 14.6. The molecule has 2 aromatic rings. The summed E-state index contributed by atoms with van der Waals surface area (Å²) in [5.41, 5.74) is 0.285. The smallest absolute Gasteiger partial charge is 0.237 e. The molecule has 7 heteroatoms. The van der Waals surface area contributed by atoms with Crippen LogP contribution in [0.25, 0.3) is 0 Å². The monoisotopic (exact) mass is 315 g/mol. The van der Waals surface area contributed by atoms with Crippen molar-refractivity contribution >= 4 is 27.3 Å². The van der Waals surface area contributed by atoms with Gasteiger partial charge in [0.2, 0.25) is 10.0 Å². The van der Waals surface area contributed by atoms with Crippen molar-refractivity contribution in [3.63, 3.8) is 0 Å². The van der Waals surface area contributed by atoms with Gasteiger partial charge in [0.25, 0.3) is 0 Å². The van der Waals surface area contributed by atoms with Crippen LogP contribution >= 0.6 is 11.6 Å². The Kier molecular flexibility index (Phi) is 4.15. The van der Waals surface area contributed by atoms with E-state index >= 15 is 0 Å². The third-order valence-corrected chi connectivity index (χ3v) is 4.03. The van der Waals surface area contributed by atoms with E-state index in [0.29, 0.717) is 5.56 Å². The maximum Gasteiger partial charge on any atom is 0.237 e.